The Labute approximate surface area is 146 Å². The Morgan fingerprint density at radius 3 is 3.00 bits per heavy atom. The third kappa shape index (κ3) is 4.07. The third-order valence-corrected chi connectivity index (χ3v) is 4.77. The van der Waals surface area contributed by atoms with Gasteiger partial charge in [-0.15, -0.1) is 0 Å². The quantitative estimate of drug-likeness (QED) is 0.793. The molecule has 2 heterocycles. The van der Waals surface area contributed by atoms with Gasteiger partial charge in [-0.3, -0.25) is 0 Å². The van der Waals surface area contributed by atoms with Crippen molar-refractivity contribution < 1.29 is 4.74 Å². The number of halogens is 2. The first-order valence-electron chi connectivity index (χ1n) is 7.97. The number of hydrogen-bond acceptors (Lipinski definition) is 3. The minimum Gasteiger partial charge on any atom is -0.378 e. The average molecular weight is 354 g/mol. The van der Waals surface area contributed by atoms with Crippen molar-refractivity contribution in [3.05, 3.63) is 45.7 Å². The molecule has 1 N–H and O–H groups in total. The van der Waals surface area contributed by atoms with Gasteiger partial charge < -0.3 is 10.1 Å². The second-order valence-corrected chi connectivity index (χ2v) is 6.64. The van der Waals surface area contributed by atoms with Crippen LogP contribution < -0.4 is 5.32 Å². The number of nitrogens with zero attached hydrogens (tertiary/aromatic N) is 2. The molecule has 1 fully saturated rings. The summed E-state index contributed by atoms with van der Waals surface area (Å²) in [5.74, 6) is 0. The first-order valence-corrected chi connectivity index (χ1v) is 8.73. The van der Waals surface area contributed by atoms with Gasteiger partial charge in [-0.1, -0.05) is 29.3 Å². The van der Waals surface area contributed by atoms with E-state index in [4.69, 9.17) is 27.9 Å². The molecule has 0 radical (unpaired) electrons. The summed E-state index contributed by atoms with van der Waals surface area (Å²) >= 11 is 12.6. The topological polar surface area (TPSA) is 39.1 Å². The van der Waals surface area contributed by atoms with Crippen molar-refractivity contribution in [3.8, 4) is 5.69 Å². The molecule has 23 heavy (non-hydrogen) atoms. The normalized spacial score (nSPS) is 17.8. The fourth-order valence-electron chi connectivity index (χ4n) is 2.86. The van der Waals surface area contributed by atoms with Crippen molar-refractivity contribution in [2.75, 3.05) is 13.2 Å². The molecule has 124 valence electrons. The lowest BCUT2D eigenvalue weighted by Gasteiger charge is -2.10. The second kappa shape index (κ2) is 7.67. The molecule has 2 aromatic rings. The van der Waals surface area contributed by atoms with E-state index in [1.54, 1.807) is 4.68 Å². The van der Waals surface area contributed by atoms with Crippen LogP contribution in [0.5, 0.6) is 0 Å². The zero-order valence-electron chi connectivity index (χ0n) is 13.2. The van der Waals surface area contributed by atoms with E-state index in [0.29, 0.717) is 22.8 Å². The van der Waals surface area contributed by atoms with E-state index >= 15 is 0 Å². The van der Waals surface area contributed by atoms with Crippen molar-refractivity contribution in [1.29, 1.82) is 0 Å². The molecule has 1 unspecified atom stereocenters. The lowest BCUT2D eigenvalue weighted by Crippen LogP contribution is -2.20. The van der Waals surface area contributed by atoms with Crippen molar-refractivity contribution in [2.45, 2.75) is 38.8 Å². The summed E-state index contributed by atoms with van der Waals surface area (Å²) in [7, 11) is 0. The summed E-state index contributed by atoms with van der Waals surface area (Å²) in [5.41, 5.74) is 2.83. The van der Waals surface area contributed by atoms with Crippen LogP contribution in [0.1, 0.15) is 30.5 Å². The minimum atomic E-state index is 0.410. The Balaban J connectivity index is 1.63. The Kier molecular flexibility index (Phi) is 5.59. The molecular formula is C17H21Cl2N3O. The van der Waals surface area contributed by atoms with E-state index in [1.807, 2.05) is 31.2 Å². The van der Waals surface area contributed by atoms with E-state index in [-0.39, 0.29) is 0 Å². The monoisotopic (exact) mass is 353 g/mol. The molecule has 4 nitrogen and oxygen atoms in total. The predicted octanol–water partition coefficient (Wildman–Crippen LogP) is 4.15. The van der Waals surface area contributed by atoms with Crippen LogP contribution in [0, 0.1) is 6.92 Å². The van der Waals surface area contributed by atoms with Crippen molar-refractivity contribution in [2.24, 2.45) is 0 Å². The standard InChI is InChI=1S/C17H21Cl2N3O/c1-12-16(11-20-8-7-15-6-3-9-23-15)17(19)22(21-12)14-5-2-4-13(18)10-14/h2,4-5,10,15,20H,3,6-9,11H2,1H3. The second-order valence-electron chi connectivity index (χ2n) is 5.85. The SMILES string of the molecule is Cc1nn(-c2cccc(Cl)c2)c(Cl)c1CNCCC1CCCO1. The zero-order chi connectivity index (χ0) is 16.2. The van der Waals surface area contributed by atoms with E-state index in [2.05, 4.69) is 10.4 Å². The Morgan fingerprint density at radius 1 is 1.39 bits per heavy atom. The largest absolute Gasteiger partial charge is 0.378 e. The molecule has 0 aliphatic carbocycles. The van der Waals surface area contributed by atoms with Crippen molar-refractivity contribution >= 4 is 23.2 Å². The van der Waals surface area contributed by atoms with Crippen LogP contribution in [0.4, 0.5) is 0 Å². The molecule has 1 atom stereocenters. The number of aryl methyl sites for hydroxylation is 1. The number of nitrogens with one attached hydrogen (secondary N) is 1. The maximum absolute atomic E-state index is 6.52. The van der Waals surface area contributed by atoms with E-state index < -0.39 is 0 Å². The number of ether oxygens (including phenoxy) is 1. The predicted molar refractivity (Wildman–Crippen MR) is 93.6 cm³/mol. The molecule has 1 saturated heterocycles. The molecular weight excluding hydrogens is 333 g/mol. The smallest absolute Gasteiger partial charge is 0.137 e. The number of benzene rings is 1. The van der Waals surface area contributed by atoms with Crippen LogP contribution in [0.3, 0.4) is 0 Å². The highest BCUT2D eigenvalue weighted by Crippen LogP contribution is 2.25. The summed E-state index contributed by atoms with van der Waals surface area (Å²) in [6.45, 7) is 4.51. The Morgan fingerprint density at radius 2 is 2.26 bits per heavy atom. The van der Waals surface area contributed by atoms with Crippen LogP contribution >= 0.6 is 23.2 Å². The highest BCUT2D eigenvalue weighted by Gasteiger charge is 2.16. The number of aromatic nitrogens is 2. The van der Waals surface area contributed by atoms with Crippen LogP contribution in [0.2, 0.25) is 10.2 Å². The first-order chi connectivity index (χ1) is 11.1. The summed E-state index contributed by atoms with van der Waals surface area (Å²) in [4.78, 5) is 0. The van der Waals surface area contributed by atoms with E-state index in [1.165, 1.54) is 12.8 Å². The van der Waals surface area contributed by atoms with Gasteiger partial charge in [-0.05, 0) is 50.9 Å². The summed E-state index contributed by atoms with van der Waals surface area (Å²) in [6, 6.07) is 7.53. The van der Waals surface area contributed by atoms with Crippen molar-refractivity contribution in [3.63, 3.8) is 0 Å². The Bertz CT molecular complexity index is 666. The van der Waals surface area contributed by atoms with Gasteiger partial charge in [0.25, 0.3) is 0 Å². The molecule has 0 amide bonds. The van der Waals surface area contributed by atoms with E-state index in [0.717, 1.165) is 36.5 Å². The van der Waals surface area contributed by atoms with Gasteiger partial charge in [0.2, 0.25) is 0 Å². The summed E-state index contributed by atoms with van der Waals surface area (Å²) in [5, 5.41) is 9.28. The van der Waals surface area contributed by atoms with Crippen LogP contribution in [0.25, 0.3) is 5.69 Å². The van der Waals surface area contributed by atoms with Gasteiger partial charge in [-0.25, -0.2) is 4.68 Å². The van der Waals surface area contributed by atoms with Crippen LogP contribution in [0.15, 0.2) is 24.3 Å². The van der Waals surface area contributed by atoms with Gasteiger partial charge in [-0.2, -0.15) is 5.10 Å². The van der Waals surface area contributed by atoms with Crippen molar-refractivity contribution in [1.82, 2.24) is 15.1 Å². The fraction of sp³-hybridized carbons (Fsp3) is 0.471. The molecule has 1 aliphatic heterocycles. The number of rotatable bonds is 6. The highest BCUT2D eigenvalue weighted by molar-refractivity contribution is 6.31. The lowest BCUT2D eigenvalue weighted by atomic mass is 10.2. The molecule has 0 saturated carbocycles. The van der Waals surface area contributed by atoms with Crippen LogP contribution in [-0.2, 0) is 11.3 Å². The molecule has 1 aromatic heterocycles. The summed E-state index contributed by atoms with van der Waals surface area (Å²) < 4.78 is 7.37. The maximum atomic E-state index is 6.52. The molecule has 0 bridgehead atoms. The van der Waals surface area contributed by atoms with Gasteiger partial charge in [0.05, 0.1) is 17.5 Å². The molecule has 6 heteroatoms. The Hall–Kier alpha value is -1.07. The maximum Gasteiger partial charge on any atom is 0.137 e. The van der Waals surface area contributed by atoms with Gasteiger partial charge in [0, 0.05) is 23.7 Å². The third-order valence-electron chi connectivity index (χ3n) is 4.14. The summed E-state index contributed by atoms with van der Waals surface area (Å²) in [6.07, 6.45) is 3.81. The highest BCUT2D eigenvalue weighted by atomic mass is 35.5. The molecule has 1 aliphatic rings. The van der Waals surface area contributed by atoms with Gasteiger partial charge in [0.15, 0.2) is 0 Å². The number of hydrogen-bond donors (Lipinski definition) is 1. The van der Waals surface area contributed by atoms with E-state index in [9.17, 15) is 0 Å². The zero-order valence-corrected chi connectivity index (χ0v) is 14.7. The van der Waals surface area contributed by atoms with Gasteiger partial charge in [0.1, 0.15) is 5.15 Å². The molecule has 0 spiro atoms. The lowest BCUT2D eigenvalue weighted by molar-refractivity contribution is 0.104. The first kappa shape index (κ1) is 16.8. The minimum absolute atomic E-state index is 0.410. The molecule has 1 aromatic carbocycles. The van der Waals surface area contributed by atoms with Gasteiger partial charge >= 0.3 is 0 Å². The average Bonchev–Trinajstić information content (AvgIpc) is 3.14. The van der Waals surface area contributed by atoms with Crippen LogP contribution in [-0.4, -0.2) is 29.0 Å². The molecule has 3 rings (SSSR count). The fourth-order valence-corrected chi connectivity index (χ4v) is 3.38.